The molecule has 0 N–H and O–H groups in total. The summed E-state index contributed by atoms with van der Waals surface area (Å²) in [6.07, 6.45) is 3.70. The van der Waals surface area contributed by atoms with E-state index in [1.165, 1.54) is 60.4 Å². The molecule has 4 aromatic heterocycles. The van der Waals surface area contributed by atoms with E-state index >= 15 is 0 Å². The number of hydrogen-bond donors (Lipinski definition) is 0. The number of benzene rings is 8. The zero-order valence-electron chi connectivity index (χ0n) is 31.9. The molecule has 276 valence electrons. The first-order valence-corrected chi connectivity index (χ1v) is 20.0. The molecule has 59 heavy (non-hydrogen) atoms. The second-order valence-corrected chi connectivity index (χ2v) is 15.1. The lowest BCUT2D eigenvalue weighted by atomic mass is 10.0. The maximum atomic E-state index is 5.14. The quantitative estimate of drug-likeness (QED) is 0.170. The predicted molar refractivity (Wildman–Crippen MR) is 244 cm³/mol. The molecule has 0 aliphatic rings. The fraction of sp³-hybridized carbons (Fsp3) is 0. The van der Waals surface area contributed by atoms with E-state index in [1.54, 1.807) is 6.20 Å². The molecule has 4 heterocycles. The summed E-state index contributed by atoms with van der Waals surface area (Å²) in [7, 11) is 0. The third-order valence-corrected chi connectivity index (χ3v) is 11.8. The van der Waals surface area contributed by atoms with E-state index < -0.39 is 0 Å². The molecule has 0 fully saturated rings. The third kappa shape index (κ3) is 5.33. The van der Waals surface area contributed by atoms with Crippen LogP contribution in [0, 0.1) is 0 Å². The van der Waals surface area contributed by atoms with Gasteiger partial charge in [-0.2, -0.15) is 0 Å². The second kappa shape index (κ2) is 13.3. The monoisotopic (exact) mass is 753 g/mol. The summed E-state index contributed by atoms with van der Waals surface area (Å²) in [5.74, 6) is 0.906. The van der Waals surface area contributed by atoms with Gasteiger partial charge in [0.1, 0.15) is 5.82 Å². The number of hydrogen-bond acceptors (Lipinski definition) is 2. The molecule has 5 heteroatoms. The highest BCUT2D eigenvalue weighted by molar-refractivity contribution is 6.12. The molecule has 8 aromatic carbocycles. The molecular formula is C54H35N5. The zero-order chi connectivity index (χ0) is 38.9. The van der Waals surface area contributed by atoms with Crippen molar-refractivity contribution in [2.75, 3.05) is 0 Å². The van der Waals surface area contributed by atoms with E-state index in [1.807, 2.05) is 12.3 Å². The summed E-state index contributed by atoms with van der Waals surface area (Å²) < 4.78 is 7.03. The molecule has 0 radical (unpaired) electrons. The third-order valence-electron chi connectivity index (χ3n) is 11.8. The van der Waals surface area contributed by atoms with Crippen molar-refractivity contribution in [3.8, 4) is 50.7 Å². The highest BCUT2D eigenvalue weighted by Gasteiger charge is 2.18. The van der Waals surface area contributed by atoms with E-state index in [2.05, 4.69) is 213 Å². The van der Waals surface area contributed by atoms with Crippen LogP contribution in [-0.4, -0.2) is 23.7 Å². The van der Waals surface area contributed by atoms with Crippen LogP contribution in [0.25, 0.3) is 105 Å². The van der Waals surface area contributed by atoms with Crippen molar-refractivity contribution in [2.45, 2.75) is 0 Å². The summed E-state index contributed by atoms with van der Waals surface area (Å²) in [4.78, 5) is 9.45. The molecule has 12 aromatic rings. The van der Waals surface area contributed by atoms with E-state index in [0.717, 1.165) is 44.9 Å². The number of nitrogens with zero attached hydrogens (tertiary/aromatic N) is 5. The van der Waals surface area contributed by atoms with Gasteiger partial charge in [-0.05, 0) is 113 Å². The SMILES string of the molecule is c1ccc(-n2c3ccccc3c3cc(-c4ccc5c(c4)c4ccccc4n5-c4ccc(-n5c(-c6ccc(-c7cccnc7)cc6)nc6ccccc65)cc4)ccc32)cc1. The minimum absolute atomic E-state index is 0.906. The highest BCUT2D eigenvalue weighted by Crippen LogP contribution is 2.39. The Hall–Kier alpha value is -8.02. The molecule has 0 unspecified atom stereocenters. The highest BCUT2D eigenvalue weighted by atomic mass is 15.1. The number of imidazole rings is 1. The predicted octanol–water partition coefficient (Wildman–Crippen LogP) is 13.6. The lowest BCUT2D eigenvalue weighted by Crippen LogP contribution is -1.99. The number of rotatable bonds is 6. The summed E-state index contributed by atoms with van der Waals surface area (Å²) in [5.41, 5.74) is 15.8. The van der Waals surface area contributed by atoms with Crippen molar-refractivity contribution >= 4 is 54.6 Å². The average Bonchev–Trinajstić information content (AvgIpc) is 3.97. The Kier molecular flexibility index (Phi) is 7.47. The molecule has 0 saturated carbocycles. The Morgan fingerprint density at radius 2 is 0.797 bits per heavy atom. The standard InChI is InChI=1S/C54H35N5/c1-2-12-41(13-3-1)57-49-17-7-4-14-44(49)46-33-38(24-30-51(46)57)39-25-31-52-47(34-39)45-15-5-8-18-50(45)58(52)42-26-28-43(29-27-42)59-53-19-9-6-16-48(53)56-54(59)37-22-20-36(21-23-37)40-11-10-32-55-35-40/h1-35H. The molecule has 5 nitrogen and oxygen atoms in total. The normalized spacial score (nSPS) is 11.7. The Bertz CT molecular complexity index is 3520. The van der Waals surface area contributed by atoms with Crippen LogP contribution >= 0.6 is 0 Å². The van der Waals surface area contributed by atoms with E-state index in [9.17, 15) is 0 Å². The van der Waals surface area contributed by atoms with Gasteiger partial charge in [-0.3, -0.25) is 9.55 Å². The summed E-state index contributed by atoms with van der Waals surface area (Å²) in [6, 6.07) is 71.8. The molecule has 0 aliphatic heterocycles. The first-order chi connectivity index (χ1) is 29.3. The number of pyridine rings is 1. The van der Waals surface area contributed by atoms with Gasteiger partial charge in [0.2, 0.25) is 0 Å². The number of aromatic nitrogens is 5. The summed E-state index contributed by atoms with van der Waals surface area (Å²) >= 11 is 0. The fourth-order valence-electron chi connectivity index (χ4n) is 9.02. The Morgan fingerprint density at radius 3 is 1.41 bits per heavy atom. The molecule has 0 atom stereocenters. The van der Waals surface area contributed by atoms with Crippen molar-refractivity contribution in [2.24, 2.45) is 0 Å². The van der Waals surface area contributed by atoms with Gasteiger partial charge in [0.25, 0.3) is 0 Å². The molecular weight excluding hydrogens is 719 g/mol. The second-order valence-electron chi connectivity index (χ2n) is 15.1. The van der Waals surface area contributed by atoms with Gasteiger partial charge in [-0.1, -0.05) is 109 Å². The van der Waals surface area contributed by atoms with Crippen LogP contribution in [0.1, 0.15) is 0 Å². The molecule has 0 amide bonds. The van der Waals surface area contributed by atoms with Gasteiger partial charge < -0.3 is 9.13 Å². The van der Waals surface area contributed by atoms with Crippen molar-refractivity contribution in [3.63, 3.8) is 0 Å². The Balaban J connectivity index is 0.950. The lowest BCUT2D eigenvalue weighted by molar-refractivity contribution is 1.09. The molecule has 12 rings (SSSR count). The van der Waals surface area contributed by atoms with Crippen LogP contribution in [0.3, 0.4) is 0 Å². The van der Waals surface area contributed by atoms with Crippen LogP contribution in [0.15, 0.2) is 213 Å². The zero-order valence-corrected chi connectivity index (χ0v) is 31.9. The van der Waals surface area contributed by atoms with E-state index in [4.69, 9.17) is 4.98 Å². The first kappa shape index (κ1) is 33.2. The number of para-hydroxylation sites is 5. The minimum Gasteiger partial charge on any atom is -0.309 e. The van der Waals surface area contributed by atoms with Gasteiger partial charge in [-0.15, -0.1) is 0 Å². The van der Waals surface area contributed by atoms with Crippen LogP contribution in [0.5, 0.6) is 0 Å². The fourth-order valence-corrected chi connectivity index (χ4v) is 9.02. The smallest absolute Gasteiger partial charge is 0.145 e. The lowest BCUT2D eigenvalue weighted by Gasteiger charge is -2.13. The van der Waals surface area contributed by atoms with Crippen LogP contribution < -0.4 is 0 Å². The Morgan fingerprint density at radius 1 is 0.305 bits per heavy atom. The first-order valence-electron chi connectivity index (χ1n) is 20.0. The van der Waals surface area contributed by atoms with E-state index in [0.29, 0.717) is 0 Å². The largest absolute Gasteiger partial charge is 0.309 e. The topological polar surface area (TPSA) is 40.6 Å². The van der Waals surface area contributed by atoms with Gasteiger partial charge in [-0.25, -0.2) is 4.98 Å². The van der Waals surface area contributed by atoms with Gasteiger partial charge in [0.15, 0.2) is 0 Å². The minimum atomic E-state index is 0.906. The number of fused-ring (bicyclic) bond motifs is 7. The van der Waals surface area contributed by atoms with Crippen molar-refractivity contribution in [1.29, 1.82) is 0 Å². The Labute approximate surface area is 340 Å². The molecule has 0 saturated heterocycles. The van der Waals surface area contributed by atoms with Crippen molar-refractivity contribution in [1.82, 2.24) is 23.7 Å². The summed E-state index contributed by atoms with van der Waals surface area (Å²) in [6.45, 7) is 0. The summed E-state index contributed by atoms with van der Waals surface area (Å²) in [5, 5.41) is 4.96. The average molecular weight is 754 g/mol. The molecule has 0 aliphatic carbocycles. The van der Waals surface area contributed by atoms with E-state index in [-0.39, 0.29) is 0 Å². The van der Waals surface area contributed by atoms with Crippen LogP contribution in [-0.2, 0) is 0 Å². The van der Waals surface area contributed by atoms with Gasteiger partial charge in [0.05, 0.1) is 33.1 Å². The van der Waals surface area contributed by atoms with Gasteiger partial charge >= 0.3 is 0 Å². The van der Waals surface area contributed by atoms with Crippen LogP contribution in [0.2, 0.25) is 0 Å². The van der Waals surface area contributed by atoms with Gasteiger partial charge in [0, 0.05) is 56.6 Å². The maximum Gasteiger partial charge on any atom is 0.145 e. The molecule has 0 bridgehead atoms. The van der Waals surface area contributed by atoms with Crippen LogP contribution in [0.4, 0.5) is 0 Å². The maximum absolute atomic E-state index is 5.14. The van der Waals surface area contributed by atoms with Crippen molar-refractivity contribution < 1.29 is 0 Å². The van der Waals surface area contributed by atoms with Crippen molar-refractivity contribution in [3.05, 3.63) is 213 Å². The molecule has 0 spiro atoms.